The highest BCUT2D eigenvalue weighted by Gasteiger charge is 2.59. The van der Waals surface area contributed by atoms with Gasteiger partial charge in [-0.1, -0.05) is 19.4 Å². The SMILES string of the molecule is C[C@]12CC[C@@H]3[C@H](CCC4=CC(=O)CC[C@@]43C)[C@@H]1CC[C@@H]2OC(=O)CCC(=O)N[C@H](CO)C(=O)O. The Kier molecular flexibility index (Phi) is 6.91. The van der Waals surface area contributed by atoms with Gasteiger partial charge in [-0.25, -0.2) is 4.79 Å². The lowest BCUT2D eigenvalue weighted by atomic mass is 9.47. The Balaban J connectivity index is 1.35. The summed E-state index contributed by atoms with van der Waals surface area (Å²) in [6.07, 6.45) is 9.05. The van der Waals surface area contributed by atoms with E-state index < -0.39 is 30.5 Å². The number of carbonyl (C=O) groups is 4. The Labute approximate surface area is 200 Å². The van der Waals surface area contributed by atoms with Gasteiger partial charge in [-0.3, -0.25) is 14.4 Å². The molecule has 0 aromatic heterocycles. The number of fused-ring (bicyclic) bond motifs is 5. The molecule has 1 amide bonds. The van der Waals surface area contributed by atoms with Crippen molar-refractivity contribution < 1.29 is 34.1 Å². The number of aliphatic hydroxyl groups is 1. The number of hydrogen-bond acceptors (Lipinski definition) is 6. The van der Waals surface area contributed by atoms with Crippen LogP contribution in [-0.4, -0.2) is 52.6 Å². The average molecular weight is 476 g/mol. The fourth-order valence-corrected chi connectivity index (χ4v) is 7.59. The van der Waals surface area contributed by atoms with Crippen LogP contribution < -0.4 is 5.32 Å². The number of carbonyl (C=O) groups excluding carboxylic acids is 3. The van der Waals surface area contributed by atoms with E-state index in [1.54, 1.807) is 0 Å². The van der Waals surface area contributed by atoms with Crippen molar-refractivity contribution in [2.45, 2.75) is 90.2 Å². The predicted octanol–water partition coefficient (Wildman–Crippen LogP) is 2.77. The maximum atomic E-state index is 12.6. The first-order valence-electron chi connectivity index (χ1n) is 12.6. The van der Waals surface area contributed by atoms with Crippen LogP contribution in [0.25, 0.3) is 0 Å². The minimum Gasteiger partial charge on any atom is -0.480 e. The molecule has 0 radical (unpaired) electrons. The number of aliphatic carboxylic acids is 1. The topological polar surface area (TPSA) is 130 Å². The molecule has 3 N–H and O–H groups in total. The van der Waals surface area contributed by atoms with E-state index in [4.69, 9.17) is 14.9 Å². The van der Waals surface area contributed by atoms with E-state index >= 15 is 0 Å². The average Bonchev–Trinajstić information content (AvgIpc) is 3.12. The summed E-state index contributed by atoms with van der Waals surface area (Å²) < 4.78 is 5.90. The molecule has 34 heavy (non-hydrogen) atoms. The normalized spacial score (nSPS) is 37.5. The van der Waals surface area contributed by atoms with Gasteiger partial charge in [0.05, 0.1) is 13.0 Å². The Morgan fingerprint density at radius 1 is 1.09 bits per heavy atom. The van der Waals surface area contributed by atoms with Crippen molar-refractivity contribution >= 4 is 23.6 Å². The molecule has 3 saturated carbocycles. The van der Waals surface area contributed by atoms with Gasteiger partial charge in [0, 0.05) is 18.3 Å². The molecule has 0 heterocycles. The summed E-state index contributed by atoms with van der Waals surface area (Å²) in [5, 5.41) is 20.1. The van der Waals surface area contributed by atoms with Crippen molar-refractivity contribution in [2.24, 2.45) is 28.6 Å². The third-order valence-electron chi connectivity index (χ3n) is 9.52. The van der Waals surface area contributed by atoms with Crippen LogP contribution in [-0.2, 0) is 23.9 Å². The van der Waals surface area contributed by atoms with E-state index in [1.807, 2.05) is 6.08 Å². The largest absolute Gasteiger partial charge is 0.480 e. The molecule has 0 unspecified atom stereocenters. The predicted molar refractivity (Wildman–Crippen MR) is 122 cm³/mol. The number of carboxylic acids is 1. The molecule has 0 saturated heterocycles. The van der Waals surface area contributed by atoms with Gasteiger partial charge in [0.1, 0.15) is 12.1 Å². The first kappa shape index (κ1) is 24.9. The molecule has 188 valence electrons. The maximum Gasteiger partial charge on any atom is 0.328 e. The first-order valence-corrected chi connectivity index (χ1v) is 12.6. The lowest BCUT2D eigenvalue weighted by molar-refractivity contribution is -0.160. The standard InChI is InChI=1S/C26H37NO7/c1-25-11-9-16(29)13-15(25)3-4-17-18-5-6-21(26(18,2)12-10-19(17)25)34-23(31)8-7-22(30)27-20(14-28)24(32)33/h13,17-21,28H,3-12,14H2,1-2H3,(H,27,30)(H,32,33)/t17-,18+,19-,20-,21+,25+,26+/m1/s1. The number of ketones is 1. The van der Waals surface area contributed by atoms with Crippen LogP contribution in [0.2, 0.25) is 0 Å². The fourth-order valence-electron chi connectivity index (χ4n) is 7.59. The molecule has 0 aliphatic heterocycles. The molecule has 0 aromatic carbocycles. The minimum atomic E-state index is -1.37. The minimum absolute atomic E-state index is 0.0769. The van der Waals surface area contributed by atoms with Crippen LogP contribution in [0.1, 0.15) is 78.1 Å². The van der Waals surface area contributed by atoms with E-state index in [0.717, 1.165) is 44.9 Å². The van der Waals surface area contributed by atoms with Crippen molar-refractivity contribution in [2.75, 3.05) is 6.61 Å². The van der Waals surface area contributed by atoms with Crippen molar-refractivity contribution in [3.63, 3.8) is 0 Å². The van der Waals surface area contributed by atoms with Crippen LogP contribution in [0, 0.1) is 28.6 Å². The first-order chi connectivity index (χ1) is 16.1. The highest BCUT2D eigenvalue weighted by atomic mass is 16.5. The van der Waals surface area contributed by atoms with E-state index in [0.29, 0.717) is 24.2 Å². The van der Waals surface area contributed by atoms with Gasteiger partial charge in [-0.2, -0.15) is 0 Å². The van der Waals surface area contributed by atoms with E-state index in [9.17, 15) is 19.2 Å². The van der Waals surface area contributed by atoms with Crippen molar-refractivity contribution in [3.05, 3.63) is 11.6 Å². The van der Waals surface area contributed by atoms with Crippen molar-refractivity contribution in [1.29, 1.82) is 0 Å². The van der Waals surface area contributed by atoms with Gasteiger partial charge in [0.25, 0.3) is 0 Å². The van der Waals surface area contributed by atoms with Crippen LogP contribution in [0.15, 0.2) is 11.6 Å². The number of rotatable bonds is 7. The number of carboxylic acid groups (broad SMARTS) is 1. The summed E-state index contributed by atoms with van der Waals surface area (Å²) in [6, 6.07) is -1.37. The van der Waals surface area contributed by atoms with Crippen LogP contribution in [0.5, 0.6) is 0 Å². The molecule has 0 aromatic rings. The van der Waals surface area contributed by atoms with E-state index in [2.05, 4.69) is 19.2 Å². The Bertz CT molecular complexity index is 898. The molecule has 8 heteroatoms. The second-order valence-corrected chi connectivity index (χ2v) is 11.2. The number of allylic oxidation sites excluding steroid dienone is 1. The fraction of sp³-hybridized carbons (Fsp3) is 0.769. The third kappa shape index (κ3) is 4.41. The monoisotopic (exact) mass is 475 g/mol. The quantitative estimate of drug-likeness (QED) is 0.483. The molecular weight excluding hydrogens is 438 g/mol. The third-order valence-corrected chi connectivity index (χ3v) is 9.52. The summed E-state index contributed by atoms with van der Waals surface area (Å²) >= 11 is 0. The molecule has 4 rings (SSSR count). The van der Waals surface area contributed by atoms with Gasteiger partial charge in [0.15, 0.2) is 5.78 Å². The van der Waals surface area contributed by atoms with Gasteiger partial charge in [0.2, 0.25) is 5.91 Å². The lowest BCUT2D eigenvalue weighted by Crippen LogP contribution is -2.51. The highest BCUT2D eigenvalue weighted by Crippen LogP contribution is 2.65. The Hall–Kier alpha value is -2.22. The van der Waals surface area contributed by atoms with Crippen molar-refractivity contribution in [1.82, 2.24) is 5.32 Å². The zero-order valence-corrected chi connectivity index (χ0v) is 20.2. The number of hydrogen-bond donors (Lipinski definition) is 3. The second kappa shape index (κ2) is 9.44. The molecule has 4 aliphatic rings. The molecule has 0 bridgehead atoms. The number of ether oxygens (including phenoxy) is 1. The van der Waals surface area contributed by atoms with E-state index in [1.165, 1.54) is 5.57 Å². The van der Waals surface area contributed by atoms with Crippen LogP contribution in [0.3, 0.4) is 0 Å². The van der Waals surface area contributed by atoms with Gasteiger partial charge in [-0.05, 0) is 74.2 Å². The van der Waals surface area contributed by atoms with Crippen molar-refractivity contribution in [3.8, 4) is 0 Å². The second-order valence-electron chi connectivity index (χ2n) is 11.2. The summed E-state index contributed by atoms with van der Waals surface area (Å²) in [5.74, 6) is -0.447. The molecule has 8 nitrogen and oxygen atoms in total. The number of amides is 1. The Morgan fingerprint density at radius 3 is 2.56 bits per heavy atom. The summed E-state index contributed by atoms with van der Waals surface area (Å²) in [6.45, 7) is 3.90. The smallest absolute Gasteiger partial charge is 0.328 e. The zero-order valence-electron chi connectivity index (χ0n) is 20.2. The van der Waals surface area contributed by atoms with E-state index in [-0.39, 0.29) is 35.6 Å². The lowest BCUT2D eigenvalue weighted by Gasteiger charge is -2.57. The number of aliphatic hydroxyl groups excluding tert-OH is 1. The van der Waals surface area contributed by atoms with Gasteiger partial charge < -0.3 is 20.3 Å². The van der Waals surface area contributed by atoms with Gasteiger partial charge in [-0.15, -0.1) is 0 Å². The molecule has 3 fully saturated rings. The summed E-state index contributed by atoms with van der Waals surface area (Å²) in [5.41, 5.74) is 1.38. The van der Waals surface area contributed by atoms with Crippen LogP contribution >= 0.6 is 0 Å². The highest BCUT2D eigenvalue weighted by molar-refractivity contribution is 5.91. The number of esters is 1. The zero-order chi connectivity index (χ0) is 24.7. The summed E-state index contributed by atoms with van der Waals surface area (Å²) in [7, 11) is 0. The number of nitrogens with one attached hydrogen (secondary N) is 1. The van der Waals surface area contributed by atoms with Crippen LogP contribution in [0.4, 0.5) is 0 Å². The van der Waals surface area contributed by atoms with Gasteiger partial charge >= 0.3 is 11.9 Å². The molecule has 0 spiro atoms. The molecule has 7 atom stereocenters. The maximum absolute atomic E-state index is 12.6. The molecular formula is C26H37NO7. The summed E-state index contributed by atoms with van der Waals surface area (Å²) in [4.78, 5) is 47.4. The molecule has 4 aliphatic carbocycles. The Morgan fingerprint density at radius 2 is 1.85 bits per heavy atom.